The molecule has 0 amide bonds. The van der Waals surface area contributed by atoms with Gasteiger partial charge < -0.3 is 13.9 Å². The molecule has 7 heteroatoms. The fourth-order valence-corrected chi connectivity index (χ4v) is 2.73. The van der Waals surface area contributed by atoms with Crippen LogP contribution >= 0.6 is 11.8 Å². The Hall–Kier alpha value is -2.54. The van der Waals surface area contributed by atoms with Crippen molar-refractivity contribution in [3.8, 4) is 23.0 Å². The van der Waals surface area contributed by atoms with Crippen LogP contribution in [-0.4, -0.2) is 29.7 Å². The first-order valence-corrected chi connectivity index (χ1v) is 8.72. The van der Waals surface area contributed by atoms with Gasteiger partial charge in [0.15, 0.2) is 0 Å². The molecule has 0 aliphatic heterocycles. The summed E-state index contributed by atoms with van der Waals surface area (Å²) < 4.78 is 29.1. The standard InChI is InChI=1S/C18H17FN2O3S/c1-22-15-7-3-13(4-8-15)17-20-21-18(24-17)25-12-2-11-23-16-9-5-14(19)6-10-16/h3-10H,2,11-12H2,1H3. The zero-order valence-corrected chi connectivity index (χ0v) is 14.5. The van der Waals surface area contributed by atoms with E-state index >= 15 is 0 Å². The number of hydrogen-bond donors (Lipinski definition) is 0. The van der Waals surface area contributed by atoms with Gasteiger partial charge in [-0.1, -0.05) is 11.8 Å². The van der Waals surface area contributed by atoms with Crippen LogP contribution in [0.4, 0.5) is 4.39 Å². The zero-order valence-electron chi connectivity index (χ0n) is 13.6. The van der Waals surface area contributed by atoms with Gasteiger partial charge in [-0.15, -0.1) is 10.2 Å². The molecule has 0 N–H and O–H groups in total. The summed E-state index contributed by atoms with van der Waals surface area (Å²) in [5.74, 6) is 2.43. The third-order valence-electron chi connectivity index (χ3n) is 3.34. The van der Waals surface area contributed by atoms with Gasteiger partial charge in [-0.3, -0.25) is 0 Å². The van der Waals surface area contributed by atoms with Crippen LogP contribution in [0.15, 0.2) is 58.2 Å². The molecule has 2 aromatic carbocycles. The Morgan fingerprint density at radius 3 is 2.44 bits per heavy atom. The molecule has 3 aromatic rings. The summed E-state index contributed by atoms with van der Waals surface area (Å²) in [4.78, 5) is 0. The van der Waals surface area contributed by atoms with Crippen molar-refractivity contribution in [2.75, 3.05) is 19.5 Å². The van der Waals surface area contributed by atoms with Gasteiger partial charge in [0.1, 0.15) is 17.3 Å². The number of hydrogen-bond acceptors (Lipinski definition) is 6. The molecule has 5 nitrogen and oxygen atoms in total. The lowest BCUT2D eigenvalue weighted by Gasteiger charge is -2.04. The maximum Gasteiger partial charge on any atom is 0.276 e. The van der Waals surface area contributed by atoms with E-state index < -0.39 is 0 Å². The van der Waals surface area contributed by atoms with Crippen LogP contribution in [0.5, 0.6) is 11.5 Å². The molecular weight excluding hydrogens is 343 g/mol. The number of methoxy groups -OCH3 is 1. The smallest absolute Gasteiger partial charge is 0.276 e. The predicted octanol–water partition coefficient (Wildman–Crippen LogP) is 4.45. The number of aromatic nitrogens is 2. The lowest BCUT2D eigenvalue weighted by Crippen LogP contribution is -1.98. The van der Waals surface area contributed by atoms with E-state index in [-0.39, 0.29) is 5.82 Å². The first kappa shape index (κ1) is 17.3. The fourth-order valence-electron chi connectivity index (χ4n) is 2.06. The number of halogens is 1. The molecule has 0 aliphatic rings. The van der Waals surface area contributed by atoms with E-state index in [0.717, 1.165) is 23.5 Å². The minimum absolute atomic E-state index is 0.271. The Kier molecular flexibility index (Phi) is 5.90. The van der Waals surface area contributed by atoms with Crippen molar-refractivity contribution < 1.29 is 18.3 Å². The summed E-state index contributed by atoms with van der Waals surface area (Å²) in [6.45, 7) is 0.540. The molecule has 0 saturated heterocycles. The molecule has 1 aromatic heterocycles. The summed E-state index contributed by atoms with van der Waals surface area (Å²) in [6.07, 6.45) is 0.808. The highest BCUT2D eigenvalue weighted by Crippen LogP contribution is 2.25. The van der Waals surface area contributed by atoms with E-state index in [1.165, 1.54) is 23.9 Å². The quantitative estimate of drug-likeness (QED) is 0.437. The molecule has 0 atom stereocenters. The van der Waals surface area contributed by atoms with Gasteiger partial charge in [-0.25, -0.2) is 4.39 Å². The summed E-state index contributed by atoms with van der Waals surface area (Å²) in [6, 6.07) is 13.4. The average Bonchev–Trinajstić information content (AvgIpc) is 3.12. The van der Waals surface area contributed by atoms with E-state index in [4.69, 9.17) is 13.9 Å². The number of nitrogens with zero attached hydrogens (tertiary/aromatic N) is 2. The van der Waals surface area contributed by atoms with Crippen molar-refractivity contribution in [2.24, 2.45) is 0 Å². The van der Waals surface area contributed by atoms with Crippen LogP contribution < -0.4 is 9.47 Å². The Morgan fingerprint density at radius 1 is 1.00 bits per heavy atom. The molecule has 0 radical (unpaired) electrons. The summed E-state index contributed by atoms with van der Waals surface area (Å²) in [5.41, 5.74) is 0.847. The Balaban J connectivity index is 1.43. The minimum atomic E-state index is -0.271. The molecular formula is C18H17FN2O3S. The Morgan fingerprint density at radius 2 is 1.72 bits per heavy atom. The second-order valence-corrected chi connectivity index (χ2v) is 6.15. The van der Waals surface area contributed by atoms with Gasteiger partial charge in [-0.2, -0.15) is 0 Å². The third kappa shape index (κ3) is 4.96. The van der Waals surface area contributed by atoms with Crippen molar-refractivity contribution in [1.29, 1.82) is 0 Å². The van der Waals surface area contributed by atoms with Gasteiger partial charge >= 0.3 is 0 Å². The maximum absolute atomic E-state index is 12.8. The maximum atomic E-state index is 12.8. The summed E-state index contributed by atoms with van der Waals surface area (Å²) >= 11 is 1.48. The number of ether oxygens (including phenoxy) is 2. The molecule has 3 rings (SSSR count). The van der Waals surface area contributed by atoms with Crippen molar-refractivity contribution >= 4 is 11.8 Å². The Bertz CT molecular complexity index is 791. The second-order valence-electron chi connectivity index (χ2n) is 5.11. The molecule has 0 saturated carbocycles. The predicted molar refractivity (Wildman–Crippen MR) is 93.5 cm³/mol. The van der Waals surface area contributed by atoms with Gasteiger partial charge in [0.2, 0.25) is 5.89 Å². The van der Waals surface area contributed by atoms with Gasteiger partial charge in [0.25, 0.3) is 5.22 Å². The van der Waals surface area contributed by atoms with Crippen molar-refractivity contribution in [3.05, 3.63) is 54.3 Å². The molecule has 130 valence electrons. The molecule has 25 heavy (non-hydrogen) atoms. The van der Waals surface area contributed by atoms with Crippen LogP contribution in [0.3, 0.4) is 0 Å². The average molecular weight is 360 g/mol. The molecule has 0 fully saturated rings. The van der Waals surface area contributed by atoms with Crippen LogP contribution in [0.2, 0.25) is 0 Å². The lowest BCUT2D eigenvalue weighted by atomic mass is 10.2. The van der Waals surface area contributed by atoms with Crippen LogP contribution in [0, 0.1) is 5.82 Å². The molecule has 0 aliphatic carbocycles. The Labute approximate surface area is 149 Å². The summed E-state index contributed by atoms with van der Waals surface area (Å²) in [5, 5.41) is 8.61. The van der Waals surface area contributed by atoms with Gasteiger partial charge in [0, 0.05) is 11.3 Å². The number of rotatable bonds is 8. The van der Waals surface area contributed by atoms with Crippen molar-refractivity contribution in [1.82, 2.24) is 10.2 Å². The highest BCUT2D eigenvalue weighted by Gasteiger charge is 2.09. The van der Waals surface area contributed by atoms with Gasteiger partial charge in [-0.05, 0) is 55.0 Å². The zero-order chi connectivity index (χ0) is 17.5. The normalized spacial score (nSPS) is 10.6. The number of thioether (sulfide) groups is 1. The first-order valence-electron chi connectivity index (χ1n) is 7.74. The monoisotopic (exact) mass is 360 g/mol. The molecule has 0 unspecified atom stereocenters. The topological polar surface area (TPSA) is 57.4 Å². The van der Waals surface area contributed by atoms with Crippen molar-refractivity contribution in [3.63, 3.8) is 0 Å². The van der Waals surface area contributed by atoms with E-state index in [1.54, 1.807) is 19.2 Å². The minimum Gasteiger partial charge on any atom is -0.497 e. The molecule has 0 spiro atoms. The van der Waals surface area contributed by atoms with E-state index in [9.17, 15) is 4.39 Å². The summed E-state index contributed by atoms with van der Waals surface area (Å²) in [7, 11) is 1.62. The van der Waals surface area contributed by atoms with E-state index in [2.05, 4.69) is 10.2 Å². The van der Waals surface area contributed by atoms with Crippen LogP contribution in [0.1, 0.15) is 6.42 Å². The fraction of sp³-hybridized carbons (Fsp3) is 0.222. The largest absolute Gasteiger partial charge is 0.497 e. The van der Waals surface area contributed by atoms with Gasteiger partial charge in [0.05, 0.1) is 13.7 Å². The second kappa shape index (κ2) is 8.53. The van der Waals surface area contributed by atoms with Crippen LogP contribution in [-0.2, 0) is 0 Å². The SMILES string of the molecule is COc1ccc(-c2nnc(SCCCOc3ccc(F)cc3)o2)cc1. The highest BCUT2D eigenvalue weighted by molar-refractivity contribution is 7.99. The highest BCUT2D eigenvalue weighted by atomic mass is 32.2. The van der Waals surface area contributed by atoms with E-state index in [0.29, 0.717) is 23.5 Å². The molecule has 1 heterocycles. The molecule has 0 bridgehead atoms. The third-order valence-corrected chi connectivity index (χ3v) is 4.24. The van der Waals surface area contributed by atoms with E-state index in [1.807, 2.05) is 24.3 Å². The van der Waals surface area contributed by atoms with Crippen molar-refractivity contribution in [2.45, 2.75) is 11.6 Å². The first-order chi connectivity index (χ1) is 12.2. The van der Waals surface area contributed by atoms with Crippen LogP contribution in [0.25, 0.3) is 11.5 Å². The lowest BCUT2D eigenvalue weighted by molar-refractivity contribution is 0.318. The number of benzene rings is 2.